The van der Waals surface area contributed by atoms with Crippen molar-refractivity contribution in [1.29, 1.82) is 0 Å². The van der Waals surface area contributed by atoms with Gasteiger partial charge in [0.1, 0.15) is 24.4 Å². The molecule has 1 fully saturated rings. The summed E-state index contributed by atoms with van der Waals surface area (Å²) in [6, 6.07) is 7.01. The number of thiocarbonyl (C=S) groups is 1. The van der Waals surface area contributed by atoms with Crippen molar-refractivity contribution in [2.45, 2.75) is 30.6 Å². The molecule has 0 amide bonds. The lowest BCUT2D eigenvalue weighted by atomic mass is 9.98. The van der Waals surface area contributed by atoms with Crippen molar-refractivity contribution in [3.8, 4) is 0 Å². The standard InChI is InChI=1S/C14H18ClN3O5S/c15-8-3-1-2-7(4-8)5-16-18-14(24)17-13-12(22)11(21)10(20)9(6-19)23-13/h1-5,9-13,19-22H,6H2,(H2,17,18,24)/b16-5+/t9-,10-,11+,12-,13-/m1/s1. The second-order valence-corrected chi connectivity index (χ2v) is 5.99. The average molecular weight is 376 g/mol. The van der Waals surface area contributed by atoms with Gasteiger partial charge >= 0.3 is 0 Å². The van der Waals surface area contributed by atoms with E-state index < -0.39 is 37.3 Å². The van der Waals surface area contributed by atoms with E-state index >= 15 is 0 Å². The van der Waals surface area contributed by atoms with Crippen LogP contribution in [0.4, 0.5) is 0 Å². The minimum absolute atomic E-state index is 0.0256. The minimum Gasteiger partial charge on any atom is -0.394 e. The number of hydrazone groups is 1. The third-order valence-corrected chi connectivity index (χ3v) is 3.84. The molecule has 1 saturated heterocycles. The van der Waals surface area contributed by atoms with E-state index in [-0.39, 0.29) is 5.11 Å². The van der Waals surface area contributed by atoms with Gasteiger partial charge in [-0.2, -0.15) is 5.10 Å². The van der Waals surface area contributed by atoms with E-state index in [4.69, 9.17) is 33.7 Å². The summed E-state index contributed by atoms with van der Waals surface area (Å²) < 4.78 is 5.26. The highest BCUT2D eigenvalue weighted by Crippen LogP contribution is 2.19. The van der Waals surface area contributed by atoms with Crippen molar-refractivity contribution in [3.63, 3.8) is 0 Å². The second-order valence-electron chi connectivity index (χ2n) is 5.15. The molecule has 0 aromatic heterocycles. The number of ether oxygens (including phenoxy) is 1. The maximum atomic E-state index is 9.88. The van der Waals surface area contributed by atoms with Crippen molar-refractivity contribution in [2.24, 2.45) is 5.10 Å². The molecular weight excluding hydrogens is 358 g/mol. The summed E-state index contributed by atoms with van der Waals surface area (Å²) in [7, 11) is 0. The van der Waals surface area contributed by atoms with E-state index in [0.29, 0.717) is 5.02 Å². The van der Waals surface area contributed by atoms with Gasteiger partial charge < -0.3 is 30.5 Å². The van der Waals surface area contributed by atoms with Crippen LogP contribution < -0.4 is 10.7 Å². The SMILES string of the molecule is OC[C@H]1O[C@@H](NC(=S)N/N=C/c2cccc(Cl)c2)[C@H](O)[C@@H](O)[C@@H]1O. The molecule has 0 radical (unpaired) electrons. The number of hydrogen-bond acceptors (Lipinski definition) is 7. The molecule has 0 saturated carbocycles. The average Bonchev–Trinajstić information content (AvgIpc) is 2.55. The van der Waals surface area contributed by atoms with Crippen LogP contribution in [0.2, 0.25) is 5.02 Å². The summed E-state index contributed by atoms with van der Waals surface area (Å²) in [6.45, 7) is -0.518. The number of nitrogens with zero attached hydrogens (tertiary/aromatic N) is 1. The van der Waals surface area contributed by atoms with E-state index in [1.807, 2.05) is 0 Å². The fourth-order valence-corrected chi connectivity index (χ4v) is 2.50. The number of rotatable bonds is 4. The van der Waals surface area contributed by atoms with Gasteiger partial charge in [-0.1, -0.05) is 23.7 Å². The first-order chi connectivity index (χ1) is 11.4. The smallest absolute Gasteiger partial charge is 0.189 e. The Labute approximate surface area is 148 Å². The highest BCUT2D eigenvalue weighted by atomic mass is 35.5. The Morgan fingerprint density at radius 3 is 2.71 bits per heavy atom. The Balaban J connectivity index is 1.89. The number of aliphatic hydroxyl groups is 4. The first-order valence-electron chi connectivity index (χ1n) is 7.08. The predicted molar refractivity (Wildman–Crippen MR) is 91.7 cm³/mol. The molecule has 1 heterocycles. The molecule has 1 aliphatic rings. The molecule has 0 bridgehead atoms. The summed E-state index contributed by atoms with van der Waals surface area (Å²) in [5.74, 6) is 0. The highest BCUT2D eigenvalue weighted by Gasteiger charge is 2.43. The van der Waals surface area contributed by atoms with Gasteiger partial charge in [0.25, 0.3) is 0 Å². The van der Waals surface area contributed by atoms with Crippen molar-refractivity contribution in [2.75, 3.05) is 6.61 Å². The fourth-order valence-electron chi connectivity index (χ4n) is 2.13. The Hall–Kier alpha value is -1.33. The summed E-state index contributed by atoms with van der Waals surface area (Å²) in [5, 5.41) is 45.5. The first-order valence-corrected chi connectivity index (χ1v) is 7.86. The third-order valence-electron chi connectivity index (χ3n) is 3.39. The van der Waals surface area contributed by atoms with Crippen LogP contribution in [-0.4, -0.2) is 69.0 Å². The molecular formula is C14H18ClN3O5S. The zero-order valence-corrected chi connectivity index (χ0v) is 14.0. The Morgan fingerprint density at radius 2 is 2.04 bits per heavy atom. The molecule has 0 aliphatic carbocycles. The second kappa shape index (κ2) is 8.67. The van der Waals surface area contributed by atoms with Gasteiger partial charge in [0.15, 0.2) is 11.3 Å². The molecule has 10 heteroatoms. The first kappa shape index (κ1) is 19.0. The van der Waals surface area contributed by atoms with Crippen LogP contribution in [0.5, 0.6) is 0 Å². The van der Waals surface area contributed by atoms with Gasteiger partial charge in [0, 0.05) is 5.02 Å². The number of benzene rings is 1. The van der Waals surface area contributed by atoms with Gasteiger partial charge in [-0.3, -0.25) is 5.43 Å². The van der Waals surface area contributed by atoms with Crippen LogP contribution in [0.3, 0.4) is 0 Å². The summed E-state index contributed by atoms with van der Waals surface area (Å²) in [4.78, 5) is 0. The summed E-state index contributed by atoms with van der Waals surface area (Å²) in [6.07, 6.45) is -4.97. The normalized spacial score (nSPS) is 30.3. The molecule has 5 atom stereocenters. The predicted octanol–water partition coefficient (Wildman–Crippen LogP) is -1.06. The fraction of sp³-hybridized carbons (Fsp3) is 0.429. The van der Waals surface area contributed by atoms with Crippen molar-refractivity contribution in [3.05, 3.63) is 34.9 Å². The molecule has 6 N–H and O–H groups in total. The molecule has 8 nitrogen and oxygen atoms in total. The van der Waals surface area contributed by atoms with Crippen LogP contribution in [-0.2, 0) is 4.74 Å². The van der Waals surface area contributed by atoms with Crippen LogP contribution in [0.1, 0.15) is 5.56 Å². The van der Waals surface area contributed by atoms with Crippen molar-refractivity contribution in [1.82, 2.24) is 10.7 Å². The number of nitrogens with one attached hydrogen (secondary N) is 2. The molecule has 0 spiro atoms. The van der Waals surface area contributed by atoms with Crippen LogP contribution in [0, 0.1) is 0 Å². The van der Waals surface area contributed by atoms with Crippen LogP contribution in [0.25, 0.3) is 0 Å². The maximum absolute atomic E-state index is 9.88. The number of halogens is 1. The topological polar surface area (TPSA) is 127 Å². The van der Waals surface area contributed by atoms with Crippen molar-refractivity contribution < 1.29 is 25.2 Å². The van der Waals surface area contributed by atoms with Gasteiger partial charge in [-0.05, 0) is 29.9 Å². The van der Waals surface area contributed by atoms with Gasteiger partial charge in [0.2, 0.25) is 0 Å². The van der Waals surface area contributed by atoms with E-state index in [1.165, 1.54) is 6.21 Å². The van der Waals surface area contributed by atoms with E-state index in [2.05, 4.69) is 15.8 Å². The van der Waals surface area contributed by atoms with Crippen LogP contribution in [0.15, 0.2) is 29.4 Å². The third kappa shape index (κ3) is 4.84. The zero-order chi connectivity index (χ0) is 17.7. The lowest BCUT2D eigenvalue weighted by molar-refractivity contribution is -0.232. The Bertz CT molecular complexity index is 604. The van der Waals surface area contributed by atoms with Gasteiger partial charge in [-0.15, -0.1) is 0 Å². The highest BCUT2D eigenvalue weighted by molar-refractivity contribution is 7.80. The Kier molecular flexibility index (Phi) is 6.87. The molecule has 1 aromatic carbocycles. The monoisotopic (exact) mass is 375 g/mol. The lowest BCUT2D eigenvalue weighted by Crippen LogP contribution is -2.63. The number of hydrogen-bond donors (Lipinski definition) is 6. The van der Waals surface area contributed by atoms with Crippen LogP contribution >= 0.6 is 23.8 Å². The molecule has 0 unspecified atom stereocenters. The van der Waals surface area contributed by atoms with Gasteiger partial charge in [0.05, 0.1) is 12.8 Å². The largest absolute Gasteiger partial charge is 0.394 e. The minimum atomic E-state index is -1.48. The quantitative estimate of drug-likeness (QED) is 0.223. The van der Waals surface area contributed by atoms with E-state index in [9.17, 15) is 15.3 Å². The van der Waals surface area contributed by atoms with E-state index in [1.54, 1.807) is 24.3 Å². The molecule has 2 rings (SSSR count). The maximum Gasteiger partial charge on any atom is 0.189 e. The molecule has 1 aromatic rings. The molecule has 132 valence electrons. The molecule has 24 heavy (non-hydrogen) atoms. The lowest BCUT2D eigenvalue weighted by Gasteiger charge is -2.40. The van der Waals surface area contributed by atoms with E-state index in [0.717, 1.165) is 5.56 Å². The Morgan fingerprint density at radius 1 is 1.29 bits per heavy atom. The molecule has 1 aliphatic heterocycles. The van der Waals surface area contributed by atoms with Crippen molar-refractivity contribution >= 4 is 35.1 Å². The van der Waals surface area contributed by atoms with Gasteiger partial charge in [-0.25, -0.2) is 0 Å². The summed E-state index contributed by atoms with van der Waals surface area (Å²) in [5.41, 5.74) is 3.28. The zero-order valence-electron chi connectivity index (χ0n) is 12.4. The number of aliphatic hydroxyl groups excluding tert-OH is 4. The summed E-state index contributed by atoms with van der Waals surface area (Å²) >= 11 is 10.9.